The van der Waals surface area contributed by atoms with E-state index in [-0.39, 0.29) is 24.6 Å². The maximum absolute atomic E-state index is 13.4. The molecule has 0 aliphatic carbocycles. The molecule has 4 atom stereocenters. The molecular weight excluding hydrogens is 744 g/mol. The van der Waals surface area contributed by atoms with Gasteiger partial charge in [0, 0.05) is 32.4 Å². The molecule has 0 saturated carbocycles. The molecule has 0 saturated heterocycles. The standard InChI is InChI=1S/C26H33F2N3O6.C15H24N2O3/c1-3-10-36-12-13-37-11-9-29-25(34)22(18-7-5-4-6-8-18)31-24(33)17(2)30-26(35)23(32)19-14-20(27)16-21(28)15-19;1-2-9-19-11-12-20-10-8-17-15(18)14(16)13-6-4-3-5-7-13/h4-8,14-17,22-23,32H,3,9-13H2,1-2H3,(H,29,34)(H,30,35)(H,31,33);3-7,14H,2,8-12,16H2,1H3,(H,17,18)/t17-,22-,23?;14-/m00/s1. The second-order valence-corrected chi connectivity index (χ2v) is 12.6. The van der Waals surface area contributed by atoms with Crippen molar-refractivity contribution in [1.82, 2.24) is 21.3 Å². The summed E-state index contributed by atoms with van der Waals surface area (Å²) in [6, 6.07) is 17.2. The molecule has 1 unspecified atom stereocenters. The molecule has 3 aromatic rings. The Hall–Kier alpha value is -4.84. The average molecular weight is 802 g/mol. The SMILES string of the molecule is CCCOCCOCCNC(=O)[C@@H](N)c1ccccc1.CCCOCCOCCNC(=O)[C@@H](NC(=O)[C@H](C)NC(=O)C(O)c1cc(F)cc(F)c1)c1ccccc1. The minimum absolute atomic E-state index is 0.193. The van der Waals surface area contributed by atoms with Gasteiger partial charge in [-0.05, 0) is 48.6 Å². The number of nitrogens with two attached hydrogens (primary N) is 1. The summed E-state index contributed by atoms with van der Waals surface area (Å²) >= 11 is 0. The van der Waals surface area contributed by atoms with Crippen LogP contribution in [0.4, 0.5) is 8.78 Å². The lowest BCUT2D eigenvalue weighted by molar-refractivity contribution is -0.135. The number of benzene rings is 3. The van der Waals surface area contributed by atoms with Crippen LogP contribution in [0.2, 0.25) is 0 Å². The van der Waals surface area contributed by atoms with E-state index in [1.165, 1.54) is 6.92 Å². The van der Waals surface area contributed by atoms with E-state index in [0.29, 0.717) is 57.8 Å². The van der Waals surface area contributed by atoms with Gasteiger partial charge in [0.15, 0.2) is 6.10 Å². The highest BCUT2D eigenvalue weighted by Gasteiger charge is 2.28. The van der Waals surface area contributed by atoms with Crippen LogP contribution < -0.4 is 27.0 Å². The molecule has 0 aromatic heterocycles. The van der Waals surface area contributed by atoms with E-state index in [4.69, 9.17) is 24.7 Å². The molecule has 314 valence electrons. The van der Waals surface area contributed by atoms with E-state index in [0.717, 1.165) is 37.1 Å². The number of aliphatic hydroxyl groups is 1. The minimum Gasteiger partial charge on any atom is -0.379 e. The molecular formula is C41H57F2N5O9. The number of carbonyl (C=O) groups excluding carboxylic acids is 4. The fourth-order valence-corrected chi connectivity index (χ4v) is 4.90. The van der Waals surface area contributed by atoms with Crippen molar-refractivity contribution >= 4 is 23.6 Å². The lowest BCUT2D eigenvalue weighted by Crippen LogP contribution is -2.50. The van der Waals surface area contributed by atoms with Crippen molar-refractivity contribution in [3.05, 3.63) is 107 Å². The maximum Gasteiger partial charge on any atom is 0.254 e. The summed E-state index contributed by atoms with van der Waals surface area (Å²) in [4.78, 5) is 49.8. The smallest absolute Gasteiger partial charge is 0.254 e. The largest absolute Gasteiger partial charge is 0.379 e. The van der Waals surface area contributed by atoms with Crippen molar-refractivity contribution in [1.29, 1.82) is 0 Å². The number of amides is 4. The highest BCUT2D eigenvalue weighted by atomic mass is 19.1. The van der Waals surface area contributed by atoms with Gasteiger partial charge >= 0.3 is 0 Å². The topological polar surface area (TPSA) is 200 Å². The van der Waals surface area contributed by atoms with Gasteiger partial charge in [-0.1, -0.05) is 74.5 Å². The Bertz CT molecular complexity index is 1590. The first-order chi connectivity index (χ1) is 27.5. The number of aliphatic hydroxyl groups excluding tert-OH is 1. The molecule has 3 aromatic carbocycles. The number of rotatable bonds is 25. The number of ether oxygens (including phenoxy) is 4. The van der Waals surface area contributed by atoms with Crippen molar-refractivity contribution in [3.63, 3.8) is 0 Å². The van der Waals surface area contributed by atoms with Crippen molar-refractivity contribution in [3.8, 4) is 0 Å². The van der Waals surface area contributed by atoms with E-state index < -0.39 is 53.6 Å². The van der Waals surface area contributed by atoms with E-state index in [2.05, 4.69) is 28.2 Å². The molecule has 16 heteroatoms. The Morgan fingerprint density at radius 2 is 1.05 bits per heavy atom. The first kappa shape index (κ1) is 48.3. The van der Waals surface area contributed by atoms with Crippen LogP contribution in [-0.4, -0.2) is 101 Å². The number of hydrogen-bond donors (Lipinski definition) is 6. The molecule has 57 heavy (non-hydrogen) atoms. The van der Waals surface area contributed by atoms with Crippen LogP contribution in [0.5, 0.6) is 0 Å². The molecule has 0 fully saturated rings. The summed E-state index contributed by atoms with van der Waals surface area (Å²) in [6.07, 6.45) is 0.0208. The van der Waals surface area contributed by atoms with Crippen LogP contribution in [0.25, 0.3) is 0 Å². The van der Waals surface area contributed by atoms with Gasteiger partial charge in [0.2, 0.25) is 17.7 Å². The lowest BCUT2D eigenvalue weighted by atomic mass is 10.1. The van der Waals surface area contributed by atoms with E-state index in [9.17, 15) is 33.1 Å². The number of halogens is 2. The fourth-order valence-electron chi connectivity index (χ4n) is 4.90. The van der Waals surface area contributed by atoms with Crippen LogP contribution in [0, 0.1) is 11.6 Å². The normalized spacial score (nSPS) is 12.9. The van der Waals surface area contributed by atoms with Crippen LogP contribution in [0.1, 0.15) is 68.5 Å². The van der Waals surface area contributed by atoms with Gasteiger partial charge < -0.3 is 51.1 Å². The third kappa shape index (κ3) is 19.7. The summed E-state index contributed by atoms with van der Waals surface area (Å²) < 4.78 is 48.2. The summed E-state index contributed by atoms with van der Waals surface area (Å²) in [5.74, 6) is -4.34. The predicted octanol–water partition coefficient (Wildman–Crippen LogP) is 3.17. The summed E-state index contributed by atoms with van der Waals surface area (Å²) in [7, 11) is 0. The summed E-state index contributed by atoms with van der Waals surface area (Å²) in [5.41, 5.74) is 6.87. The first-order valence-corrected chi connectivity index (χ1v) is 18.9. The second kappa shape index (κ2) is 28.5. The minimum atomic E-state index is -1.90. The molecule has 0 aliphatic heterocycles. The highest BCUT2D eigenvalue weighted by molar-refractivity contribution is 5.93. The summed E-state index contributed by atoms with van der Waals surface area (Å²) in [5, 5.41) is 20.5. The zero-order chi connectivity index (χ0) is 41.8. The molecule has 0 heterocycles. The molecule has 0 radical (unpaired) electrons. The van der Waals surface area contributed by atoms with Crippen molar-refractivity contribution in [2.24, 2.45) is 5.73 Å². The Morgan fingerprint density at radius 3 is 1.54 bits per heavy atom. The Kier molecular flexibility index (Phi) is 24.2. The van der Waals surface area contributed by atoms with Gasteiger partial charge in [-0.3, -0.25) is 19.2 Å². The monoisotopic (exact) mass is 801 g/mol. The van der Waals surface area contributed by atoms with Crippen LogP contribution >= 0.6 is 0 Å². The lowest BCUT2D eigenvalue weighted by Gasteiger charge is -2.22. The average Bonchev–Trinajstić information content (AvgIpc) is 3.21. The van der Waals surface area contributed by atoms with Gasteiger partial charge in [0.25, 0.3) is 5.91 Å². The van der Waals surface area contributed by atoms with Crippen molar-refractivity contribution in [2.45, 2.75) is 57.8 Å². The third-order valence-electron chi connectivity index (χ3n) is 7.86. The van der Waals surface area contributed by atoms with Gasteiger partial charge in [0.05, 0.1) is 39.6 Å². The Morgan fingerprint density at radius 1 is 0.596 bits per heavy atom. The molecule has 0 spiro atoms. The Balaban J connectivity index is 0.000000472. The van der Waals surface area contributed by atoms with Crippen LogP contribution in [0.15, 0.2) is 78.9 Å². The van der Waals surface area contributed by atoms with Gasteiger partial charge in [-0.25, -0.2) is 8.78 Å². The highest BCUT2D eigenvalue weighted by Crippen LogP contribution is 2.17. The van der Waals surface area contributed by atoms with Gasteiger partial charge in [-0.2, -0.15) is 0 Å². The zero-order valence-corrected chi connectivity index (χ0v) is 32.8. The molecule has 4 amide bonds. The molecule has 0 bridgehead atoms. The third-order valence-corrected chi connectivity index (χ3v) is 7.86. The van der Waals surface area contributed by atoms with E-state index >= 15 is 0 Å². The first-order valence-electron chi connectivity index (χ1n) is 18.9. The number of nitrogens with one attached hydrogen (secondary N) is 4. The molecule has 0 aliphatic rings. The van der Waals surface area contributed by atoms with Gasteiger partial charge in [0.1, 0.15) is 29.8 Å². The van der Waals surface area contributed by atoms with E-state index in [1.807, 2.05) is 37.3 Å². The predicted molar refractivity (Wildman–Crippen MR) is 209 cm³/mol. The van der Waals surface area contributed by atoms with Gasteiger partial charge in [-0.15, -0.1) is 0 Å². The van der Waals surface area contributed by atoms with Crippen LogP contribution in [0.3, 0.4) is 0 Å². The summed E-state index contributed by atoms with van der Waals surface area (Å²) in [6.45, 7) is 10.2. The second-order valence-electron chi connectivity index (χ2n) is 12.6. The quantitative estimate of drug-likeness (QED) is 0.0692. The van der Waals surface area contributed by atoms with E-state index in [1.54, 1.807) is 30.3 Å². The van der Waals surface area contributed by atoms with Crippen LogP contribution in [-0.2, 0) is 38.1 Å². The zero-order valence-electron chi connectivity index (χ0n) is 32.8. The number of hydrogen-bond acceptors (Lipinski definition) is 10. The van der Waals surface area contributed by atoms with Crippen molar-refractivity contribution < 1.29 is 52.0 Å². The number of carbonyl (C=O) groups is 4. The maximum atomic E-state index is 13.4. The van der Waals surface area contributed by atoms with Crippen molar-refractivity contribution in [2.75, 3.05) is 65.9 Å². The molecule has 14 nitrogen and oxygen atoms in total. The Labute approximate surface area is 333 Å². The fraction of sp³-hybridized carbons (Fsp3) is 0.463. The molecule has 3 rings (SSSR count). The molecule has 7 N–H and O–H groups in total.